The lowest BCUT2D eigenvalue weighted by Crippen LogP contribution is -2.43. The second-order valence-electron chi connectivity index (χ2n) is 7.49. The highest BCUT2D eigenvalue weighted by atomic mass is 16.3. The minimum atomic E-state index is -0.500. The molecule has 4 rings (SSSR count). The van der Waals surface area contributed by atoms with Crippen molar-refractivity contribution < 1.29 is 14.5 Å². The summed E-state index contributed by atoms with van der Waals surface area (Å²) < 4.78 is 4.46. The second-order valence-corrected chi connectivity index (χ2v) is 7.49. The Kier molecular flexibility index (Phi) is 7.25. The summed E-state index contributed by atoms with van der Waals surface area (Å²) in [5.74, 6) is 1.07. The number of carbonyl (C=O) groups is 1. The molecule has 0 unspecified atom stereocenters. The highest BCUT2D eigenvalue weighted by Crippen LogP contribution is 2.26. The summed E-state index contributed by atoms with van der Waals surface area (Å²) in [4.78, 5) is 8.25. The van der Waals surface area contributed by atoms with Crippen LogP contribution in [0.25, 0.3) is 5.69 Å². The Labute approximate surface area is 161 Å². The Hall–Kier alpha value is -2.37. The molecule has 146 valence electrons. The van der Waals surface area contributed by atoms with Crippen LogP contribution in [-0.4, -0.2) is 22.3 Å². The molecule has 0 atom stereocenters. The van der Waals surface area contributed by atoms with E-state index in [-0.39, 0.29) is 0 Å². The fraction of sp³-hybridized carbons (Fsp3) is 0.571. The minimum absolute atomic E-state index is 0.500. The maximum absolute atomic E-state index is 8.25. The van der Waals surface area contributed by atoms with Crippen molar-refractivity contribution in [2.24, 2.45) is 0 Å². The maximum Gasteiger partial charge on any atom is 0.378 e. The molecule has 2 saturated carbocycles. The van der Waals surface area contributed by atoms with Gasteiger partial charge in [0.05, 0.1) is 12.1 Å². The quantitative estimate of drug-likeness (QED) is 0.663. The summed E-state index contributed by atoms with van der Waals surface area (Å²) in [6.45, 7) is -0.500. The molecule has 1 aromatic heterocycles. The Morgan fingerprint density at radius 1 is 1.00 bits per heavy atom. The van der Waals surface area contributed by atoms with Gasteiger partial charge in [-0.05, 0) is 37.8 Å². The Morgan fingerprint density at radius 3 is 2.22 bits per heavy atom. The molecular formula is C21H30N4O2. The van der Waals surface area contributed by atoms with E-state index in [1.54, 1.807) is 0 Å². The van der Waals surface area contributed by atoms with Crippen LogP contribution >= 0.6 is 0 Å². The molecule has 0 aliphatic heterocycles. The van der Waals surface area contributed by atoms with Crippen molar-refractivity contribution in [1.82, 2.24) is 9.78 Å². The molecule has 1 heterocycles. The van der Waals surface area contributed by atoms with Gasteiger partial charge in [-0.15, -0.1) is 4.68 Å². The summed E-state index contributed by atoms with van der Waals surface area (Å²) in [7, 11) is 0. The minimum Gasteiger partial charge on any atom is -0.554 e. The molecule has 2 aliphatic carbocycles. The predicted molar refractivity (Wildman–Crippen MR) is 102 cm³/mol. The van der Waals surface area contributed by atoms with E-state index in [2.05, 4.69) is 46.5 Å². The first-order valence-electron chi connectivity index (χ1n) is 10.2. The van der Waals surface area contributed by atoms with E-state index in [4.69, 9.17) is 15.0 Å². The molecule has 0 saturated heterocycles. The summed E-state index contributed by atoms with van der Waals surface area (Å²) in [5.41, 5.74) is 1.14. The largest absolute Gasteiger partial charge is 0.554 e. The van der Waals surface area contributed by atoms with Crippen LogP contribution in [0.5, 0.6) is 0 Å². The third-order valence-corrected chi connectivity index (χ3v) is 5.61. The first kappa shape index (κ1) is 19.4. The zero-order chi connectivity index (χ0) is 18.9. The van der Waals surface area contributed by atoms with E-state index in [1.165, 1.54) is 64.2 Å². The van der Waals surface area contributed by atoms with Crippen molar-refractivity contribution in [3.63, 3.8) is 0 Å². The number of nitrogens with one attached hydrogen (secondary N) is 1. The van der Waals surface area contributed by atoms with Crippen molar-refractivity contribution in [2.75, 3.05) is 5.32 Å². The molecule has 27 heavy (non-hydrogen) atoms. The standard InChI is InChI=1S/C20H29N4.CH2O2/c1-4-10-17(11-5-1)21-20-22-24(19-14-8-3-9-15-19)16-23(20)18-12-6-2-7-13-18;2-1-3/h3,8-9,14-18H,1-2,4-7,10-13H2,(H,21,22);1H,(H,2,3)/q+1;/p-1. The Morgan fingerprint density at radius 2 is 1.59 bits per heavy atom. The summed E-state index contributed by atoms with van der Waals surface area (Å²) >= 11 is 0. The molecule has 0 spiro atoms. The number of nitrogens with zero attached hydrogens (tertiary/aromatic N) is 3. The van der Waals surface area contributed by atoms with Crippen molar-refractivity contribution in [3.8, 4) is 5.69 Å². The maximum atomic E-state index is 8.25. The lowest BCUT2D eigenvalue weighted by Gasteiger charge is -2.23. The number of rotatable bonds is 4. The third kappa shape index (κ3) is 5.31. The van der Waals surface area contributed by atoms with Crippen LogP contribution in [0.3, 0.4) is 0 Å². The molecule has 1 N–H and O–H groups in total. The average molecular weight is 370 g/mol. The molecule has 0 bridgehead atoms. The number of hydrogen-bond donors (Lipinski definition) is 1. The van der Waals surface area contributed by atoms with Crippen LogP contribution in [0, 0.1) is 0 Å². The van der Waals surface area contributed by atoms with Crippen LogP contribution in [0.2, 0.25) is 0 Å². The average Bonchev–Trinajstić information content (AvgIpc) is 3.14. The van der Waals surface area contributed by atoms with Gasteiger partial charge in [0, 0.05) is 11.6 Å². The molecule has 0 amide bonds. The van der Waals surface area contributed by atoms with E-state index in [0.717, 1.165) is 11.6 Å². The fourth-order valence-corrected chi connectivity index (χ4v) is 4.22. The number of carboxylic acid groups (broad SMARTS) is 1. The van der Waals surface area contributed by atoms with Crippen molar-refractivity contribution in [2.45, 2.75) is 76.3 Å². The number of carbonyl (C=O) groups excluding carboxylic acids is 1. The number of anilines is 1. The monoisotopic (exact) mass is 370 g/mol. The van der Waals surface area contributed by atoms with E-state index < -0.39 is 6.47 Å². The summed E-state index contributed by atoms with van der Waals surface area (Å²) in [6.07, 6.45) is 15.5. The summed E-state index contributed by atoms with van der Waals surface area (Å²) in [5, 5.41) is 16.9. The van der Waals surface area contributed by atoms with Crippen LogP contribution in [0.15, 0.2) is 36.7 Å². The van der Waals surface area contributed by atoms with E-state index >= 15 is 0 Å². The number of hydrogen-bond acceptors (Lipinski definition) is 4. The van der Waals surface area contributed by atoms with Crippen molar-refractivity contribution >= 4 is 12.4 Å². The first-order valence-corrected chi connectivity index (χ1v) is 10.2. The molecule has 6 heteroatoms. The van der Waals surface area contributed by atoms with Crippen molar-refractivity contribution in [3.05, 3.63) is 36.7 Å². The van der Waals surface area contributed by atoms with Crippen LogP contribution in [0.1, 0.15) is 70.3 Å². The lowest BCUT2D eigenvalue weighted by atomic mass is 9.95. The zero-order valence-electron chi connectivity index (χ0n) is 15.9. The molecule has 1 aromatic carbocycles. The molecule has 2 aromatic rings. The smallest absolute Gasteiger partial charge is 0.378 e. The fourth-order valence-electron chi connectivity index (χ4n) is 4.22. The van der Waals surface area contributed by atoms with Gasteiger partial charge in [-0.3, -0.25) is 5.32 Å². The van der Waals surface area contributed by atoms with Gasteiger partial charge in [-0.2, -0.15) is 0 Å². The first-order chi connectivity index (χ1) is 13.3. The van der Waals surface area contributed by atoms with Gasteiger partial charge in [0.1, 0.15) is 5.69 Å². The van der Waals surface area contributed by atoms with Gasteiger partial charge in [0.15, 0.2) is 6.33 Å². The van der Waals surface area contributed by atoms with Gasteiger partial charge in [0.2, 0.25) is 0 Å². The SMILES string of the molecule is O=C[O-].c1ccc(-n2c[n+](C3CCCCC3)c(NC3CCCCC3)n2)cc1. The van der Waals surface area contributed by atoms with Crippen LogP contribution in [-0.2, 0) is 4.79 Å². The Bertz CT molecular complexity index is 689. The highest BCUT2D eigenvalue weighted by molar-refractivity contribution is 5.30. The normalized spacial score (nSPS) is 18.4. The van der Waals surface area contributed by atoms with Gasteiger partial charge < -0.3 is 9.90 Å². The summed E-state index contributed by atoms with van der Waals surface area (Å²) in [6, 6.07) is 11.7. The highest BCUT2D eigenvalue weighted by Gasteiger charge is 2.28. The number of benzene rings is 1. The zero-order valence-corrected chi connectivity index (χ0v) is 15.9. The van der Waals surface area contributed by atoms with Crippen molar-refractivity contribution in [1.29, 1.82) is 0 Å². The van der Waals surface area contributed by atoms with E-state index in [9.17, 15) is 0 Å². The molecule has 2 fully saturated rings. The molecular weight excluding hydrogens is 340 g/mol. The predicted octanol–water partition coefficient (Wildman–Crippen LogP) is 2.78. The molecule has 0 radical (unpaired) electrons. The second kappa shape index (κ2) is 10.1. The van der Waals surface area contributed by atoms with Crippen LogP contribution in [0.4, 0.5) is 5.95 Å². The lowest BCUT2D eigenvalue weighted by molar-refractivity contribution is -0.713. The molecule has 6 nitrogen and oxygen atoms in total. The number of aromatic nitrogens is 3. The topological polar surface area (TPSA) is 73.9 Å². The molecule has 2 aliphatic rings. The van der Waals surface area contributed by atoms with Gasteiger partial charge in [0.25, 0.3) is 0 Å². The van der Waals surface area contributed by atoms with Gasteiger partial charge in [-0.25, -0.2) is 4.57 Å². The number of para-hydroxylation sites is 1. The third-order valence-electron chi connectivity index (χ3n) is 5.61. The van der Waals surface area contributed by atoms with Gasteiger partial charge in [-0.1, -0.05) is 56.7 Å². The van der Waals surface area contributed by atoms with Gasteiger partial charge >= 0.3 is 5.95 Å². The van der Waals surface area contributed by atoms with E-state index in [1.807, 2.05) is 4.68 Å². The van der Waals surface area contributed by atoms with Crippen LogP contribution < -0.4 is 15.0 Å². The van der Waals surface area contributed by atoms with E-state index in [0.29, 0.717) is 12.1 Å². The Balaban J connectivity index is 0.000000659.